The van der Waals surface area contributed by atoms with Gasteiger partial charge in [-0.3, -0.25) is 4.79 Å². The van der Waals surface area contributed by atoms with Gasteiger partial charge < -0.3 is 19.4 Å². The lowest BCUT2D eigenvalue weighted by Gasteiger charge is -2.10. The standard InChI is InChI=1S/C19H17N3O3/c1-24-15-7-14(8-16(9-15)25-2)21-19(23)12-22-11-13(10-20)17-5-3-4-6-18(17)22/h3-9,11H,12H2,1-2H3,(H,21,23). The van der Waals surface area contributed by atoms with Crippen LogP contribution in [0.2, 0.25) is 0 Å². The summed E-state index contributed by atoms with van der Waals surface area (Å²) in [7, 11) is 3.10. The Hall–Kier alpha value is -3.46. The molecule has 0 fully saturated rings. The molecule has 0 saturated heterocycles. The third-order valence-corrected chi connectivity index (χ3v) is 3.86. The van der Waals surface area contributed by atoms with Gasteiger partial charge in [0.25, 0.3) is 0 Å². The Morgan fingerprint density at radius 2 is 1.84 bits per heavy atom. The van der Waals surface area contributed by atoms with Crippen molar-refractivity contribution >= 4 is 22.5 Å². The number of nitriles is 1. The Kier molecular flexibility index (Phi) is 4.57. The van der Waals surface area contributed by atoms with Crippen molar-refractivity contribution in [3.63, 3.8) is 0 Å². The zero-order valence-electron chi connectivity index (χ0n) is 13.9. The quantitative estimate of drug-likeness (QED) is 0.777. The van der Waals surface area contributed by atoms with Crippen molar-refractivity contribution in [2.45, 2.75) is 6.54 Å². The molecular weight excluding hydrogens is 318 g/mol. The summed E-state index contributed by atoms with van der Waals surface area (Å²) >= 11 is 0. The first-order chi connectivity index (χ1) is 12.1. The maximum absolute atomic E-state index is 12.4. The zero-order chi connectivity index (χ0) is 17.8. The molecule has 2 aromatic carbocycles. The molecule has 0 radical (unpaired) electrons. The number of anilines is 1. The smallest absolute Gasteiger partial charge is 0.244 e. The van der Waals surface area contributed by atoms with E-state index in [4.69, 9.17) is 9.47 Å². The van der Waals surface area contributed by atoms with Crippen molar-refractivity contribution in [1.29, 1.82) is 5.26 Å². The Morgan fingerprint density at radius 1 is 1.16 bits per heavy atom. The van der Waals surface area contributed by atoms with Crippen molar-refractivity contribution in [3.8, 4) is 17.6 Å². The summed E-state index contributed by atoms with van der Waals surface area (Å²) in [6.45, 7) is 0.0989. The molecule has 1 N–H and O–H groups in total. The number of fused-ring (bicyclic) bond motifs is 1. The normalized spacial score (nSPS) is 10.3. The molecule has 0 bridgehead atoms. The van der Waals surface area contributed by atoms with Gasteiger partial charge in [0.1, 0.15) is 24.1 Å². The van der Waals surface area contributed by atoms with Gasteiger partial charge in [0.05, 0.1) is 19.8 Å². The fourth-order valence-corrected chi connectivity index (χ4v) is 2.70. The fourth-order valence-electron chi connectivity index (χ4n) is 2.70. The van der Waals surface area contributed by atoms with Gasteiger partial charge in [0, 0.05) is 41.0 Å². The van der Waals surface area contributed by atoms with Crippen LogP contribution >= 0.6 is 0 Å². The molecular formula is C19H17N3O3. The fraction of sp³-hybridized carbons (Fsp3) is 0.158. The van der Waals surface area contributed by atoms with Gasteiger partial charge in [-0.05, 0) is 6.07 Å². The van der Waals surface area contributed by atoms with Gasteiger partial charge in [-0.1, -0.05) is 18.2 Å². The average molecular weight is 335 g/mol. The number of hydrogen-bond donors (Lipinski definition) is 1. The third-order valence-electron chi connectivity index (χ3n) is 3.86. The number of benzene rings is 2. The first-order valence-corrected chi connectivity index (χ1v) is 7.65. The maximum atomic E-state index is 12.4. The van der Waals surface area contributed by atoms with Crippen LogP contribution in [0.25, 0.3) is 10.9 Å². The molecule has 0 aliphatic rings. The number of hydrogen-bond acceptors (Lipinski definition) is 4. The van der Waals surface area contributed by atoms with E-state index in [0.29, 0.717) is 22.7 Å². The number of ether oxygens (including phenoxy) is 2. The predicted molar refractivity (Wildman–Crippen MR) is 94.8 cm³/mol. The number of carbonyl (C=O) groups excluding carboxylic acids is 1. The van der Waals surface area contributed by atoms with Crippen LogP contribution in [0, 0.1) is 11.3 Å². The van der Waals surface area contributed by atoms with Crippen LogP contribution in [0.15, 0.2) is 48.7 Å². The first-order valence-electron chi connectivity index (χ1n) is 7.65. The van der Waals surface area contributed by atoms with Gasteiger partial charge >= 0.3 is 0 Å². The van der Waals surface area contributed by atoms with E-state index in [-0.39, 0.29) is 12.5 Å². The Bertz CT molecular complexity index is 947. The number of nitrogens with one attached hydrogen (secondary N) is 1. The maximum Gasteiger partial charge on any atom is 0.244 e. The summed E-state index contributed by atoms with van der Waals surface area (Å²) in [5.41, 5.74) is 1.97. The summed E-state index contributed by atoms with van der Waals surface area (Å²) in [6.07, 6.45) is 1.69. The lowest BCUT2D eigenvalue weighted by Crippen LogP contribution is -2.18. The van der Waals surface area contributed by atoms with Gasteiger partial charge in [0.2, 0.25) is 5.91 Å². The van der Waals surface area contributed by atoms with Gasteiger partial charge in [-0.15, -0.1) is 0 Å². The summed E-state index contributed by atoms with van der Waals surface area (Å²) in [5.74, 6) is 0.973. The van der Waals surface area contributed by atoms with Crippen molar-refractivity contribution in [2.75, 3.05) is 19.5 Å². The van der Waals surface area contributed by atoms with E-state index in [1.165, 1.54) is 0 Å². The van der Waals surface area contributed by atoms with Crippen LogP contribution < -0.4 is 14.8 Å². The molecule has 6 nitrogen and oxygen atoms in total. The van der Waals surface area contributed by atoms with Crippen LogP contribution in [-0.4, -0.2) is 24.7 Å². The lowest BCUT2D eigenvalue weighted by atomic mass is 10.2. The highest BCUT2D eigenvalue weighted by atomic mass is 16.5. The molecule has 0 saturated carbocycles. The first kappa shape index (κ1) is 16.4. The van der Waals surface area contributed by atoms with E-state index in [9.17, 15) is 10.1 Å². The van der Waals surface area contributed by atoms with Crippen molar-refractivity contribution in [3.05, 3.63) is 54.2 Å². The second-order valence-electron chi connectivity index (χ2n) is 5.45. The highest BCUT2D eigenvalue weighted by Crippen LogP contribution is 2.26. The average Bonchev–Trinajstić information content (AvgIpc) is 2.99. The minimum Gasteiger partial charge on any atom is -0.497 e. The number of aromatic nitrogens is 1. The Labute approximate surface area is 145 Å². The van der Waals surface area contributed by atoms with Gasteiger partial charge in [0.15, 0.2) is 0 Å². The second-order valence-corrected chi connectivity index (χ2v) is 5.45. The molecule has 6 heteroatoms. The monoisotopic (exact) mass is 335 g/mol. The van der Waals surface area contributed by atoms with Crippen LogP contribution in [0.3, 0.4) is 0 Å². The van der Waals surface area contributed by atoms with E-state index in [1.807, 2.05) is 24.3 Å². The third kappa shape index (κ3) is 3.40. The predicted octanol–water partition coefficient (Wildman–Crippen LogP) is 3.17. The van der Waals surface area contributed by atoms with Crippen LogP contribution in [-0.2, 0) is 11.3 Å². The van der Waals surface area contributed by atoms with E-state index in [2.05, 4.69) is 11.4 Å². The van der Waals surface area contributed by atoms with Gasteiger partial charge in [-0.25, -0.2) is 0 Å². The summed E-state index contributed by atoms with van der Waals surface area (Å²) in [5, 5.41) is 12.9. The van der Waals surface area contributed by atoms with E-state index < -0.39 is 0 Å². The molecule has 0 aliphatic carbocycles. The lowest BCUT2D eigenvalue weighted by molar-refractivity contribution is -0.116. The molecule has 1 heterocycles. The number of nitrogens with zero attached hydrogens (tertiary/aromatic N) is 2. The number of amides is 1. The molecule has 0 aliphatic heterocycles. The highest BCUT2D eigenvalue weighted by molar-refractivity contribution is 5.93. The molecule has 0 atom stereocenters. The topological polar surface area (TPSA) is 76.3 Å². The molecule has 1 amide bonds. The zero-order valence-corrected chi connectivity index (χ0v) is 13.9. The van der Waals surface area contributed by atoms with Crippen LogP contribution in [0.1, 0.15) is 5.56 Å². The van der Waals surface area contributed by atoms with Gasteiger partial charge in [-0.2, -0.15) is 5.26 Å². The molecule has 25 heavy (non-hydrogen) atoms. The number of carbonyl (C=O) groups is 1. The molecule has 1 aromatic heterocycles. The SMILES string of the molecule is COc1cc(NC(=O)Cn2cc(C#N)c3ccccc32)cc(OC)c1. The highest BCUT2D eigenvalue weighted by Gasteiger charge is 2.11. The minimum atomic E-state index is -0.208. The van der Waals surface area contributed by atoms with Crippen LogP contribution in [0.4, 0.5) is 5.69 Å². The molecule has 0 unspecified atom stereocenters. The largest absolute Gasteiger partial charge is 0.497 e. The number of methoxy groups -OCH3 is 2. The summed E-state index contributed by atoms with van der Waals surface area (Å²) in [6, 6.07) is 14.8. The summed E-state index contributed by atoms with van der Waals surface area (Å²) in [4.78, 5) is 12.4. The molecule has 126 valence electrons. The van der Waals surface area contributed by atoms with E-state index in [0.717, 1.165) is 10.9 Å². The Balaban J connectivity index is 1.83. The molecule has 0 spiro atoms. The minimum absolute atomic E-state index is 0.0989. The van der Waals surface area contributed by atoms with Crippen molar-refractivity contribution < 1.29 is 14.3 Å². The number of para-hydroxylation sites is 1. The number of rotatable bonds is 5. The van der Waals surface area contributed by atoms with Crippen molar-refractivity contribution in [1.82, 2.24) is 4.57 Å². The molecule has 3 rings (SSSR count). The second kappa shape index (κ2) is 6.97. The van der Waals surface area contributed by atoms with Crippen molar-refractivity contribution in [2.24, 2.45) is 0 Å². The van der Waals surface area contributed by atoms with E-state index >= 15 is 0 Å². The van der Waals surface area contributed by atoms with Crippen LogP contribution in [0.5, 0.6) is 11.5 Å². The Morgan fingerprint density at radius 3 is 2.48 bits per heavy atom. The summed E-state index contributed by atoms with van der Waals surface area (Å²) < 4.78 is 12.2. The van der Waals surface area contributed by atoms with E-state index in [1.54, 1.807) is 43.2 Å². The molecule has 3 aromatic rings.